The van der Waals surface area contributed by atoms with E-state index < -0.39 is 0 Å². The van der Waals surface area contributed by atoms with E-state index in [9.17, 15) is 4.79 Å². The average molecular weight is 282 g/mol. The van der Waals surface area contributed by atoms with Gasteiger partial charge < -0.3 is 4.74 Å². The highest BCUT2D eigenvalue weighted by atomic mass is 16.5. The Balaban J connectivity index is 2.69. The van der Waals surface area contributed by atoms with Gasteiger partial charge in [-0.25, -0.2) is 0 Å². The van der Waals surface area contributed by atoms with Crippen molar-refractivity contribution in [2.24, 2.45) is 23.7 Å². The van der Waals surface area contributed by atoms with Crippen molar-refractivity contribution >= 4 is 5.97 Å². The summed E-state index contributed by atoms with van der Waals surface area (Å²) in [5, 5.41) is 0. The molecule has 0 spiro atoms. The summed E-state index contributed by atoms with van der Waals surface area (Å²) in [7, 11) is 0. The summed E-state index contributed by atoms with van der Waals surface area (Å²) in [4.78, 5) is 11.3. The molecule has 0 aromatic carbocycles. The Bertz CT molecular complexity index is 287. The van der Waals surface area contributed by atoms with Crippen LogP contribution in [-0.2, 0) is 9.53 Å². The standard InChI is InChI=1S/C18H34O2/c1-6-8-13(3)16-10-11-18(20-15(5)19)17(12-16)14(4)9-7-2/h13-14,16-18H,6-12H2,1-5H3/t13-,14+,16+,17+,18+/m1/s1. The third kappa shape index (κ3) is 5.10. The second-order valence-corrected chi connectivity index (χ2v) is 6.92. The fraction of sp³-hybridized carbons (Fsp3) is 0.944. The van der Waals surface area contributed by atoms with Crippen molar-refractivity contribution in [3.8, 4) is 0 Å². The first-order chi connectivity index (χ1) is 9.49. The lowest BCUT2D eigenvalue weighted by Gasteiger charge is -2.41. The van der Waals surface area contributed by atoms with Crippen molar-refractivity contribution < 1.29 is 9.53 Å². The van der Waals surface area contributed by atoms with Gasteiger partial charge in [-0.3, -0.25) is 4.79 Å². The van der Waals surface area contributed by atoms with Gasteiger partial charge in [-0.2, -0.15) is 0 Å². The number of rotatable bonds is 7. The molecule has 0 unspecified atom stereocenters. The molecule has 0 amide bonds. The summed E-state index contributed by atoms with van der Waals surface area (Å²) in [5.74, 6) is 2.77. The molecule has 5 atom stereocenters. The van der Waals surface area contributed by atoms with Gasteiger partial charge in [0.25, 0.3) is 0 Å². The second-order valence-electron chi connectivity index (χ2n) is 6.92. The normalized spacial score (nSPS) is 29.8. The van der Waals surface area contributed by atoms with Crippen LogP contribution in [0.5, 0.6) is 0 Å². The van der Waals surface area contributed by atoms with Gasteiger partial charge in [-0.05, 0) is 42.9 Å². The molecule has 0 radical (unpaired) electrons. The highest BCUT2D eigenvalue weighted by molar-refractivity contribution is 5.66. The summed E-state index contributed by atoms with van der Waals surface area (Å²) < 4.78 is 5.62. The number of carbonyl (C=O) groups excluding carboxylic acids is 1. The van der Waals surface area contributed by atoms with Crippen LogP contribution in [0.2, 0.25) is 0 Å². The first-order valence-corrected chi connectivity index (χ1v) is 8.66. The lowest BCUT2D eigenvalue weighted by Crippen LogP contribution is -2.38. The number of ether oxygens (including phenoxy) is 1. The molecule has 2 heteroatoms. The quantitative estimate of drug-likeness (QED) is 0.599. The van der Waals surface area contributed by atoms with Crippen LogP contribution in [0.15, 0.2) is 0 Å². The zero-order valence-electron chi connectivity index (χ0n) is 14.2. The fourth-order valence-electron chi connectivity index (χ4n) is 4.05. The van der Waals surface area contributed by atoms with E-state index >= 15 is 0 Å². The molecule has 1 rings (SSSR count). The topological polar surface area (TPSA) is 26.3 Å². The van der Waals surface area contributed by atoms with Gasteiger partial charge in [0.1, 0.15) is 6.10 Å². The molecule has 1 saturated carbocycles. The second kappa shape index (κ2) is 8.69. The maximum atomic E-state index is 11.3. The molecule has 2 nitrogen and oxygen atoms in total. The van der Waals surface area contributed by atoms with Gasteiger partial charge in [-0.1, -0.05) is 53.4 Å². The van der Waals surface area contributed by atoms with E-state index in [1.807, 2.05) is 0 Å². The Kier molecular flexibility index (Phi) is 7.61. The maximum Gasteiger partial charge on any atom is 0.302 e. The van der Waals surface area contributed by atoms with E-state index in [-0.39, 0.29) is 12.1 Å². The van der Waals surface area contributed by atoms with Crippen LogP contribution < -0.4 is 0 Å². The predicted octanol–water partition coefficient (Wildman–Crippen LogP) is 5.21. The minimum absolute atomic E-state index is 0.108. The highest BCUT2D eigenvalue weighted by Crippen LogP contribution is 2.41. The average Bonchev–Trinajstić information content (AvgIpc) is 2.39. The van der Waals surface area contributed by atoms with Gasteiger partial charge in [0, 0.05) is 6.92 Å². The Morgan fingerprint density at radius 2 is 1.70 bits per heavy atom. The van der Waals surface area contributed by atoms with Crippen LogP contribution in [0.1, 0.15) is 79.6 Å². The number of hydrogen-bond donors (Lipinski definition) is 0. The van der Waals surface area contributed by atoms with Crippen LogP contribution in [0.25, 0.3) is 0 Å². The summed E-state index contributed by atoms with van der Waals surface area (Å²) in [6, 6.07) is 0. The largest absolute Gasteiger partial charge is 0.462 e. The molecular weight excluding hydrogens is 248 g/mol. The molecule has 1 fully saturated rings. The zero-order chi connectivity index (χ0) is 15.1. The van der Waals surface area contributed by atoms with Crippen molar-refractivity contribution in [2.45, 2.75) is 85.7 Å². The summed E-state index contributed by atoms with van der Waals surface area (Å²) >= 11 is 0. The van der Waals surface area contributed by atoms with Crippen molar-refractivity contribution in [1.82, 2.24) is 0 Å². The summed E-state index contributed by atoms with van der Waals surface area (Å²) in [5.41, 5.74) is 0. The van der Waals surface area contributed by atoms with Gasteiger partial charge in [0.2, 0.25) is 0 Å². The van der Waals surface area contributed by atoms with Crippen molar-refractivity contribution in [2.75, 3.05) is 0 Å². The molecule has 20 heavy (non-hydrogen) atoms. The first-order valence-electron chi connectivity index (χ1n) is 8.66. The summed E-state index contributed by atoms with van der Waals surface area (Å²) in [6.45, 7) is 10.8. The molecule has 1 aliphatic rings. The van der Waals surface area contributed by atoms with Crippen LogP contribution in [0.4, 0.5) is 0 Å². The van der Waals surface area contributed by atoms with Gasteiger partial charge in [-0.15, -0.1) is 0 Å². The Morgan fingerprint density at radius 1 is 1.10 bits per heavy atom. The van der Waals surface area contributed by atoms with Crippen molar-refractivity contribution in [3.05, 3.63) is 0 Å². The van der Waals surface area contributed by atoms with E-state index in [2.05, 4.69) is 27.7 Å². The van der Waals surface area contributed by atoms with Gasteiger partial charge in [0.15, 0.2) is 0 Å². The molecule has 0 aromatic heterocycles. The van der Waals surface area contributed by atoms with Crippen LogP contribution in [0.3, 0.4) is 0 Å². The molecule has 0 aromatic rings. The molecule has 0 saturated heterocycles. The minimum atomic E-state index is -0.108. The van der Waals surface area contributed by atoms with Crippen LogP contribution in [-0.4, -0.2) is 12.1 Å². The number of esters is 1. The van der Waals surface area contributed by atoms with E-state index in [1.54, 1.807) is 6.92 Å². The SMILES string of the molecule is CCC[C@@H](C)[C@H]1CC[C@H](OC(C)=O)[C@H]([C@@H](C)CCC)C1. The Morgan fingerprint density at radius 3 is 2.25 bits per heavy atom. The smallest absolute Gasteiger partial charge is 0.302 e. The molecule has 1 aliphatic carbocycles. The number of hydrogen-bond acceptors (Lipinski definition) is 2. The third-order valence-corrected chi connectivity index (χ3v) is 5.22. The molecular formula is C18H34O2. The predicted molar refractivity (Wildman–Crippen MR) is 84.5 cm³/mol. The van der Waals surface area contributed by atoms with Crippen molar-refractivity contribution in [3.63, 3.8) is 0 Å². The van der Waals surface area contributed by atoms with E-state index in [1.165, 1.54) is 38.5 Å². The lowest BCUT2D eigenvalue weighted by atomic mass is 9.68. The lowest BCUT2D eigenvalue weighted by molar-refractivity contribution is -0.153. The fourth-order valence-corrected chi connectivity index (χ4v) is 4.05. The van der Waals surface area contributed by atoms with Crippen LogP contribution in [0, 0.1) is 23.7 Å². The Hall–Kier alpha value is -0.530. The molecule has 0 heterocycles. The molecule has 0 N–H and O–H groups in total. The van der Waals surface area contributed by atoms with E-state index in [0.717, 1.165) is 18.3 Å². The molecule has 0 aliphatic heterocycles. The first kappa shape index (κ1) is 17.5. The molecule has 118 valence electrons. The highest BCUT2D eigenvalue weighted by Gasteiger charge is 2.36. The van der Waals surface area contributed by atoms with Gasteiger partial charge >= 0.3 is 5.97 Å². The number of carbonyl (C=O) groups is 1. The maximum absolute atomic E-state index is 11.3. The third-order valence-electron chi connectivity index (χ3n) is 5.22. The summed E-state index contributed by atoms with van der Waals surface area (Å²) in [6.07, 6.45) is 8.79. The molecule has 0 bridgehead atoms. The zero-order valence-corrected chi connectivity index (χ0v) is 14.2. The minimum Gasteiger partial charge on any atom is -0.462 e. The Labute approximate surface area is 125 Å². The monoisotopic (exact) mass is 282 g/mol. The van der Waals surface area contributed by atoms with E-state index in [4.69, 9.17) is 4.74 Å². The van der Waals surface area contributed by atoms with Gasteiger partial charge in [0.05, 0.1) is 0 Å². The van der Waals surface area contributed by atoms with Crippen molar-refractivity contribution in [1.29, 1.82) is 0 Å². The van der Waals surface area contributed by atoms with Crippen LogP contribution >= 0.6 is 0 Å². The van der Waals surface area contributed by atoms with E-state index in [0.29, 0.717) is 11.8 Å².